The van der Waals surface area contributed by atoms with Crippen LogP contribution < -0.4 is 4.31 Å². The average molecular weight is 365 g/mol. The van der Waals surface area contributed by atoms with Crippen molar-refractivity contribution in [1.82, 2.24) is 0 Å². The largest absolute Gasteiger partial charge is 0.469 e. The molecule has 0 aliphatic carbocycles. The standard InChI is InChI=1S/C17H19NO6S/c1-18(25(2,21)22)14-7-5-13(6-8-14)16(19)12-24-17(20)10-9-15-4-3-11-23-15/h3-8,11H,9-10,12H2,1-2H3. The number of ketones is 1. The van der Waals surface area contributed by atoms with E-state index in [1.165, 1.54) is 37.6 Å². The van der Waals surface area contributed by atoms with Crippen LogP contribution in [0, 0.1) is 0 Å². The van der Waals surface area contributed by atoms with Gasteiger partial charge in [0.05, 0.1) is 24.6 Å². The zero-order chi connectivity index (χ0) is 18.4. The van der Waals surface area contributed by atoms with E-state index in [2.05, 4.69) is 0 Å². The van der Waals surface area contributed by atoms with E-state index in [9.17, 15) is 18.0 Å². The molecule has 0 spiro atoms. The Bertz CT molecular complexity index is 825. The molecule has 0 amide bonds. The summed E-state index contributed by atoms with van der Waals surface area (Å²) in [4.78, 5) is 23.7. The van der Waals surface area contributed by atoms with E-state index in [-0.39, 0.29) is 18.8 Å². The van der Waals surface area contributed by atoms with E-state index in [0.29, 0.717) is 23.4 Å². The quantitative estimate of drug-likeness (QED) is 0.525. The van der Waals surface area contributed by atoms with Crippen LogP contribution in [0.1, 0.15) is 22.5 Å². The van der Waals surface area contributed by atoms with E-state index >= 15 is 0 Å². The lowest BCUT2D eigenvalue weighted by Gasteiger charge is -2.16. The van der Waals surface area contributed by atoms with E-state index < -0.39 is 16.0 Å². The minimum atomic E-state index is -3.36. The summed E-state index contributed by atoms with van der Waals surface area (Å²) in [5.41, 5.74) is 0.777. The molecule has 7 nitrogen and oxygen atoms in total. The molecule has 1 aromatic carbocycles. The topological polar surface area (TPSA) is 93.9 Å². The molecule has 0 bridgehead atoms. The zero-order valence-electron chi connectivity index (χ0n) is 14.0. The van der Waals surface area contributed by atoms with Gasteiger partial charge in [0, 0.05) is 19.0 Å². The van der Waals surface area contributed by atoms with Crippen molar-refractivity contribution in [1.29, 1.82) is 0 Å². The molecule has 2 aromatic rings. The third-order valence-corrected chi connectivity index (χ3v) is 4.78. The van der Waals surface area contributed by atoms with Gasteiger partial charge in [0.25, 0.3) is 0 Å². The second-order valence-corrected chi connectivity index (χ2v) is 7.45. The number of benzene rings is 1. The van der Waals surface area contributed by atoms with Crippen LogP contribution in [0.2, 0.25) is 0 Å². The Hall–Kier alpha value is -2.61. The normalized spacial score (nSPS) is 11.1. The maximum absolute atomic E-state index is 12.0. The van der Waals surface area contributed by atoms with E-state index in [4.69, 9.17) is 9.15 Å². The maximum atomic E-state index is 12.0. The van der Waals surface area contributed by atoms with Crippen molar-refractivity contribution in [2.24, 2.45) is 0 Å². The Morgan fingerprint density at radius 3 is 2.40 bits per heavy atom. The summed E-state index contributed by atoms with van der Waals surface area (Å²) in [6.45, 7) is -0.363. The number of carbonyl (C=O) groups excluding carboxylic acids is 2. The number of nitrogens with zero attached hydrogens (tertiary/aromatic N) is 1. The van der Waals surface area contributed by atoms with Gasteiger partial charge < -0.3 is 9.15 Å². The van der Waals surface area contributed by atoms with Gasteiger partial charge >= 0.3 is 5.97 Å². The van der Waals surface area contributed by atoms with Crippen molar-refractivity contribution in [3.8, 4) is 0 Å². The Morgan fingerprint density at radius 1 is 1.16 bits per heavy atom. The first-order valence-corrected chi connectivity index (χ1v) is 9.37. The Labute approximate surface area is 146 Å². The summed E-state index contributed by atoms with van der Waals surface area (Å²) in [6.07, 6.45) is 3.15. The molecule has 0 atom stereocenters. The van der Waals surface area contributed by atoms with Crippen LogP contribution >= 0.6 is 0 Å². The molecule has 0 fully saturated rings. The van der Waals surface area contributed by atoms with Gasteiger partial charge in [-0.15, -0.1) is 0 Å². The van der Waals surface area contributed by atoms with Gasteiger partial charge in [-0.3, -0.25) is 13.9 Å². The molecule has 0 radical (unpaired) electrons. The number of hydrogen-bond donors (Lipinski definition) is 0. The highest BCUT2D eigenvalue weighted by atomic mass is 32.2. The smallest absolute Gasteiger partial charge is 0.306 e. The number of anilines is 1. The van der Waals surface area contributed by atoms with Crippen LogP contribution in [-0.4, -0.2) is 40.1 Å². The molecule has 0 unspecified atom stereocenters. The molecule has 1 heterocycles. The average Bonchev–Trinajstić information content (AvgIpc) is 3.10. The summed E-state index contributed by atoms with van der Waals surface area (Å²) in [5, 5.41) is 0. The molecule has 1 aromatic heterocycles. The van der Waals surface area contributed by atoms with E-state index in [1.807, 2.05) is 0 Å². The Balaban J connectivity index is 1.85. The van der Waals surface area contributed by atoms with Crippen molar-refractivity contribution in [2.75, 3.05) is 24.2 Å². The third kappa shape index (κ3) is 5.46. The van der Waals surface area contributed by atoms with Gasteiger partial charge in [0.1, 0.15) is 5.76 Å². The molecule has 0 aliphatic rings. The van der Waals surface area contributed by atoms with Crippen LogP contribution in [-0.2, 0) is 26.0 Å². The molecule has 0 aliphatic heterocycles. The van der Waals surface area contributed by atoms with Gasteiger partial charge in [-0.1, -0.05) is 0 Å². The van der Waals surface area contributed by atoms with Gasteiger partial charge in [0.2, 0.25) is 10.0 Å². The van der Waals surface area contributed by atoms with E-state index in [0.717, 1.165) is 10.6 Å². The molecular formula is C17H19NO6S. The number of furan rings is 1. The number of sulfonamides is 1. The lowest BCUT2D eigenvalue weighted by molar-refractivity contribution is -0.142. The minimum Gasteiger partial charge on any atom is -0.469 e. The number of rotatable bonds is 8. The SMILES string of the molecule is CN(c1ccc(C(=O)COC(=O)CCc2ccco2)cc1)S(C)(=O)=O. The van der Waals surface area contributed by atoms with Crippen molar-refractivity contribution in [2.45, 2.75) is 12.8 Å². The highest BCUT2D eigenvalue weighted by Crippen LogP contribution is 2.16. The van der Waals surface area contributed by atoms with Crippen LogP contribution in [0.25, 0.3) is 0 Å². The predicted molar refractivity (Wildman–Crippen MR) is 92.0 cm³/mol. The molecule has 2 rings (SSSR count). The van der Waals surface area contributed by atoms with Gasteiger partial charge in [-0.05, 0) is 36.4 Å². The second-order valence-electron chi connectivity index (χ2n) is 5.44. The molecular weight excluding hydrogens is 346 g/mol. The van der Waals surface area contributed by atoms with Crippen LogP contribution in [0.5, 0.6) is 0 Å². The van der Waals surface area contributed by atoms with Gasteiger partial charge in [0.15, 0.2) is 12.4 Å². The lowest BCUT2D eigenvalue weighted by Crippen LogP contribution is -2.24. The molecule has 0 saturated heterocycles. The summed E-state index contributed by atoms with van der Waals surface area (Å²) in [6, 6.07) is 9.52. The van der Waals surface area contributed by atoms with Gasteiger partial charge in [-0.25, -0.2) is 8.42 Å². The first kappa shape index (κ1) is 18.7. The molecule has 8 heteroatoms. The van der Waals surface area contributed by atoms with Crippen LogP contribution in [0.3, 0.4) is 0 Å². The number of aryl methyl sites for hydroxylation is 1. The minimum absolute atomic E-state index is 0.124. The molecule has 134 valence electrons. The number of Topliss-reactive ketones (excluding diaryl/α,β-unsaturated/α-hetero) is 1. The number of esters is 1. The van der Waals surface area contributed by atoms with E-state index in [1.54, 1.807) is 12.1 Å². The number of ether oxygens (including phenoxy) is 1. The second kappa shape index (κ2) is 7.98. The fourth-order valence-corrected chi connectivity index (χ4v) is 2.54. The van der Waals surface area contributed by atoms with Crippen molar-refractivity contribution in [3.63, 3.8) is 0 Å². The summed E-state index contributed by atoms with van der Waals surface area (Å²) in [7, 11) is -1.94. The first-order chi connectivity index (χ1) is 11.8. The Morgan fingerprint density at radius 2 is 1.84 bits per heavy atom. The van der Waals surface area contributed by atoms with Crippen LogP contribution in [0.15, 0.2) is 47.1 Å². The molecule has 0 saturated carbocycles. The first-order valence-electron chi connectivity index (χ1n) is 7.52. The summed E-state index contributed by atoms with van der Waals surface area (Å²) >= 11 is 0. The Kier molecular flexibility index (Phi) is 5.97. The van der Waals surface area contributed by atoms with Crippen molar-refractivity contribution >= 4 is 27.5 Å². The highest BCUT2D eigenvalue weighted by molar-refractivity contribution is 7.92. The van der Waals surface area contributed by atoms with Gasteiger partial charge in [-0.2, -0.15) is 0 Å². The number of hydrogen-bond acceptors (Lipinski definition) is 6. The fraction of sp³-hybridized carbons (Fsp3) is 0.294. The molecule has 0 N–H and O–H groups in total. The number of carbonyl (C=O) groups is 2. The van der Waals surface area contributed by atoms with Crippen molar-refractivity contribution in [3.05, 3.63) is 54.0 Å². The highest BCUT2D eigenvalue weighted by Gasteiger charge is 2.14. The third-order valence-electron chi connectivity index (χ3n) is 3.57. The van der Waals surface area contributed by atoms with Crippen LogP contribution in [0.4, 0.5) is 5.69 Å². The fourth-order valence-electron chi connectivity index (χ4n) is 2.03. The van der Waals surface area contributed by atoms with Crippen molar-refractivity contribution < 1.29 is 27.2 Å². The monoisotopic (exact) mass is 365 g/mol. The lowest BCUT2D eigenvalue weighted by atomic mass is 10.1. The maximum Gasteiger partial charge on any atom is 0.306 e. The summed E-state index contributed by atoms with van der Waals surface area (Å²) < 4.78 is 34.1. The summed E-state index contributed by atoms with van der Waals surface area (Å²) in [5.74, 6) is -0.174. The molecule has 25 heavy (non-hydrogen) atoms. The predicted octanol–water partition coefficient (Wildman–Crippen LogP) is 2.03. The zero-order valence-corrected chi connectivity index (χ0v) is 14.8.